The minimum absolute atomic E-state index is 0.0446. The van der Waals surface area contributed by atoms with Crippen molar-refractivity contribution < 1.29 is 20.1 Å². The number of carboxylic acids is 1. The van der Waals surface area contributed by atoms with Crippen LogP contribution in [0.2, 0.25) is 0 Å². The summed E-state index contributed by atoms with van der Waals surface area (Å²) < 4.78 is 0. The fraction of sp³-hybridized carbons (Fsp3) is 0.824. The zero-order chi connectivity index (χ0) is 15.8. The molecule has 4 fully saturated rings. The average Bonchev–Trinajstić information content (AvgIpc) is 2.37. The highest BCUT2D eigenvalue weighted by molar-refractivity contribution is 5.78. The Morgan fingerprint density at radius 1 is 1.19 bits per heavy atom. The summed E-state index contributed by atoms with van der Waals surface area (Å²) in [5.74, 6) is 1.72. The van der Waals surface area contributed by atoms with E-state index in [2.05, 4.69) is 6.58 Å². The summed E-state index contributed by atoms with van der Waals surface area (Å²) in [4.78, 5) is 9.25. The van der Waals surface area contributed by atoms with Crippen LogP contribution in [0.25, 0.3) is 0 Å². The molecule has 0 amide bonds. The molecule has 0 aromatic heterocycles. The fourth-order valence-corrected chi connectivity index (χ4v) is 5.64. The van der Waals surface area contributed by atoms with Crippen molar-refractivity contribution in [1.29, 1.82) is 0 Å². The van der Waals surface area contributed by atoms with E-state index in [1.54, 1.807) is 0 Å². The van der Waals surface area contributed by atoms with Gasteiger partial charge in [0.05, 0.1) is 12.2 Å². The Labute approximate surface area is 126 Å². The number of aliphatic hydroxyl groups is 2. The summed E-state index contributed by atoms with van der Waals surface area (Å²) in [5, 5.41) is 27.9. The minimum Gasteiger partial charge on any atom is -0.478 e. The van der Waals surface area contributed by atoms with E-state index in [9.17, 15) is 15.0 Å². The Hall–Kier alpha value is -0.870. The normalized spacial score (nSPS) is 42.7. The highest BCUT2D eigenvalue weighted by Crippen LogP contribution is 2.64. The molecule has 4 aliphatic rings. The lowest BCUT2D eigenvalue weighted by molar-refractivity contribution is -0.188. The fourth-order valence-electron chi connectivity index (χ4n) is 5.64. The topological polar surface area (TPSA) is 77.8 Å². The van der Waals surface area contributed by atoms with Gasteiger partial charge in [0, 0.05) is 11.5 Å². The van der Waals surface area contributed by atoms with Gasteiger partial charge < -0.3 is 15.3 Å². The Morgan fingerprint density at radius 2 is 1.67 bits per heavy atom. The lowest BCUT2D eigenvalue weighted by Crippen LogP contribution is -2.59. The van der Waals surface area contributed by atoms with Gasteiger partial charge in [0.1, 0.15) is 0 Å². The third kappa shape index (κ3) is 3.02. The molecule has 4 bridgehead atoms. The zero-order valence-electron chi connectivity index (χ0n) is 13.0. The van der Waals surface area contributed by atoms with E-state index < -0.39 is 5.97 Å². The van der Waals surface area contributed by atoms with E-state index in [1.807, 2.05) is 13.8 Å². The second kappa shape index (κ2) is 6.09. The quantitative estimate of drug-likeness (QED) is 0.699. The van der Waals surface area contributed by atoms with Crippen molar-refractivity contribution in [3.8, 4) is 0 Å². The summed E-state index contributed by atoms with van der Waals surface area (Å²) >= 11 is 0. The van der Waals surface area contributed by atoms with E-state index in [-0.39, 0.29) is 17.6 Å². The van der Waals surface area contributed by atoms with E-state index in [1.165, 1.54) is 19.3 Å². The van der Waals surface area contributed by atoms with Gasteiger partial charge in [-0.05, 0) is 69.6 Å². The first-order valence-electron chi connectivity index (χ1n) is 8.01. The van der Waals surface area contributed by atoms with Gasteiger partial charge in [-0.15, -0.1) is 0 Å². The molecule has 0 aliphatic heterocycles. The van der Waals surface area contributed by atoms with Gasteiger partial charge in [-0.1, -0.05) is 6.58 Å². The lowest BCUT2D eigenvalue weighted by atomic mass is 9.43. The largest absolute Gasteiger partial charge is 0.478 e. The van der Waals surface area contributed by atoms with Gasteiger partial charge in [-0.3, -0.25) is 0 Å². The summed E-state index contributed by atoms with van der Waals surface area (Å²) in [6, 6.07) is 0. The molecule has 0 spiro atoms. The molecule has 3 N–H and O–H groups in total. The van der Waals surface area contributed by atoms with Crippen molar-refractivity contribution in [3.63, 3.8) is 0 Å². The number of rotatable bonds is 3. The molecule has 120 valence electrons. The molecule has 21 heavy (non-hydrogen) atoms. The van der Waals surface area contributed by atoms with Crippen molar-refractivity contribution in [1.82, 2.24) is 0 Å². The monoisotopic (exact) mass is 296 g/mol. The number of hydrogen-bond donors (Lipinski definition) is 3. The predicted octanol–water partition coefficient (Wildman–Crippen LogP) is 2.45. The minimum atomic E-state index is -0.981. The van der Waals surface area contributed by atoms with E-state index in [0.29, 0.717) is 11.8 Å². The van der Waals surface area contributed by atoms with Gasteiger partial charge in [0.25, 0.3) is 0 Å². The maximum atomic E-state index is 10.2. The van der Waals surface area contributed by atoms with Crippen LogP contribution in [0.4, 0.5) is 0 Å². The molecule has 0 aromatic carbocycles. The lowest BCUT2D eigenvalue weighted by Gasteiger charge is -2.63. The molecule has 4 rings (SSSR count). The van der Waals surface area contributed by atoms with Crippen molar-refractivity contribution in [2.24, 2.45) is 29.1 Å². The maximum absolute atomic E-state index is 10.2. The smallest absolute Gasteiger partial charge is 0.327 e. The number of carboxylic acid groups (broad SMARTS) is 1. The first-order valence-corrected chi connectivity index (χ1v) is 8.01. The molecule has 0 aromatic rings. The van der Waals surface area contributed by atoms with Crippen LogP contribution < -0.4 is 0 Å². The standard InChI is InChI=1S/C14H24O2.C3H4O2/c1-8(15)13-12-4-10-3-11(5-12)7-14(13,6-10)9(2)16;1-2-3(4)5/h8-13,15-16H,3-7H2,1-2H3;2H,1H2,(H,4,5). The van der Waals surface area contributed by atoms with Crippen LogP contribution in [-0.2, 0) is 4.79 Å². The molecule has 4 nitrogen and oxygen atoms in total. The summed E-state index contributed by atoms with van der Waals surface area (Å²) in [5.41, 5.74) is 0.0446. The van der Waals surface area contributed by atoms with Crippen LogP contribution in [-0.4, -0.2) is 33.5 Å². The number of carbonyl (C=O) groups is 1. The molecule has 5 atom stereocenters. The van der Waals surface area contributed by atoms with Crippen LogP contribution in [0.1, 0.15) is 46.0 Å². The van der Waals surface area contributed by atoms with Crippen LogP contribution in [0, 0.1) is 29.1 Å². The molecule has 0 saturated heterocycles. The Bertz CT molecular complexity index is 388. The first-order chi connectivity index (χ1) is 9.80. The molecule has 5 unspecified atom stereocenters. The SMILES string of the molecule is C=CC(=O)O.CC(O)C1C2CC3CC(C2)CC1(C(C)O)C3. The van der Waals surface area contributed by atoms with Crippen LogP contribution in [0.15, 0.2) is 12.7 Å². The Kier molecular flexibility index (Phi) is 4.79. The van der Waals surface area contributed by atoms with Gasteiger partial charge in [0.15, 0.2) is 0 Å². The van der Waals surface area contributed by atoms with Gasteiger partial charge in [0.2, 0.25) is 0 Å². The van der Waals surface area contributed by atoms with Crippen LogP contribution in [0.5, 0.6) is 0 Å². The van der Waals surface area contributed by atoms with Gasteiger partial charge in [-0.25, -0.2) is 4.79 Å². The Balaban J connectivity index is 0.000000282. The van der Waals surface area contributed by atoms with Crippen LogP contribution in [0.3, 0.4) is 0 Å². The van der Waals surface area contributed by atoms with E-state index in [0.717, 1.165) is 30.8 Å². The highest BCUT2D eigenvalue weighted by Gasteiger charge is 2.59. The second-order valence-electron chi connectivity index (χ2n) is 7.33. The van der Waals surface area contributed by atoms with E-state index >= 15 is 0 Å². The number of aliphatic hydroxyl groups excluding tert-OH is 2. The summed E-state index contributed by atoms with van der Waals surface area (Å²) in [6.07, 6.45) is 6.65. The zero-order valence-corrected chi connectivity index (χ0v) is 13.0. The molecule has 4 heteroatoms. The predicted molar refractivity (Wildman–Crippen MR) is 80.7 cm³/mol. The van der Waals surface area contributed by atoms with Gasteiger partial charge >= 0.3 is 5.97 Å². The third-order valence-electron chi connectivity index (χ3n) is 5.97. The Morgan fingerprint density at radius 3 is 2.00 bits per heavy atom. The highest BCUT2D eigenvalue weighted by atomic mass is 16.4. The average molecular weight is 296 g/mol. The molecule has 0 heterocycles. The molecule has 0 radical (unpaired) electrons. The van der Waals surface area contributed by atoms with Crippen molar-refractivity contribution in [3.05, 3.63) is 12.7 Å². The second-order valence-corrected chi connectivity index (χ2v) is 7.33. The van der Waals surface area contributed by atoms with Crippen LogP contribution >= 0.6 is 0 Å². The third-order valence-corrected chi connectivity index (χ3v) is 5.97. The van der Waals surface area contributed by atoms with Crippen molar-refractivity contribution in [2.75, 3.05) is 0 Å². The summed E-state index contributed by atoms with van der Waals surface area (Å²) in [7, 11) is 0. The molecule has 4 saturated carbocycles. The molecule has 4 aliphatic carbocycles. The molecular weight excluding hydrogens is 268 g/mol. The number of hydrogen-bond acceptors (Lipinski definition) is 3. The molecular formula is C17H28O4. The van der Waals surface area contributed by atoms with E-state index in [4.69, 9.17) is 5.11 Å². The number of aliphatic carboxylic acids is 1. The first kappa shape index (κ1) is 16.5. The van der Waals surface area contributed by atoms with Crippen molar-refractivity contribution in [2.45, 2.75) is 58.2 Å². The maximum Gasteiger partial charge on any atom is 0.327 e. The summed E-state index contributed by atoms with van der Waals surface area (Å²) in [6.45, 7) is 6.84. The van der Waals surface area contributed by atoms with Gasteiger partial charge in [-0.2, -0.15) is 0 Å². The van der Waals surface area contributed by atoms with Crippen molar-refractivity contribution >= 4 is 5.97 Å².